The minimum atomic E-state index is -0.482. The van der Waals surface area contributed by atoms with E-state index in [0.29, 0.717) is 6.54 Å². The molecule has 0 saturated heterocycles. The van der Waals surface area contributed by atoms with E-state index < -0.39 is 6.10 Å². The van der Waals surface area contributed by atoms with Crippen molar-refractivity contribution >= 4 is 21.5 Å². The lowest BCUT2D eigenvalue weighted by Gasteiger charge is -2.16. The summed E-state index contributed by atoms with van der Waals surface area (Å²) in [6.45, 7) is 3.49. The highest BCUT2D eigenvalue weighted by Gasteiger charge is 2.12. The molecule has 0 aliphatic carbocycles. The van der Waals surface area contributed by atoms with E-state index in [0.717, 1.165) is 17.5 Å². The Morgan fingerprint density at radius 2 is 1.60 bits per heavy atom. The van der Waals surface area contributed by atoms with Crippen molar-refractivity contribution in [2.24, 2.45) is 0 Å². The number of aliphatic hydroxyl groups is 1. The Morgan fingerprint density at radius 1 is 0.950 bits per heavy atom. The Bertz CT molecular complexity index is 736. The molecular weight excluding hydrogens is 246 g/mol. The van der Waals surface area contributed by atoms with Gasteiger partial charge in [-0.15, -0.1) is 0 Å². The molecule has 0 heterocycles. The van der Waals surface area contributed by atoms with Crippen LogP contribution in [0.5, 0.6) is 0 Å². The standard InChI is InChI=1S/C18H19NO/c1-2-19-12-18(20)17-11-13-7-3-4-8-14(13)15-9-5-6-10-16(15)17/h3-11,18-20H,2,12H2,1H3. The highest BCUT2D eigenvalue weighted by Crippen LogP contribution is 2.31. The molecular formula is C18H19NO. The number of fused-ring (bicyclic) bond motifs is 3. The molecule has 2 nitrogen and oxygen atoms in total. The van der Waals surface area contributed by atoms with Gasteiger partial charge in [0.1, 0.15) is 0 Å². The molecule has 3 aromatic carbocycles. The first-order chi connectivity index (χ1) is 9.81. The number of hydrogen-bond acceptors (Lipinski definition) is 2. The lowest BCUT2D eigenvalue weighted by atomic mass is 9.94. The SMILES string of the molecule is CCNCC(O)c1cc2ccccc2c2ccccc12. The van der Waals surface area contributed by atoms with Crippen molar-refractivity contribution in [3.8, 4) is 0 Å². The third-order valence-corrected chi connectivity index (χ3v) is 3.75. The zero-order valence-corrected chi connectivity index (χ0v) is 11.6. The van der Waals surface area contributed by atoms with Gasteiger partial charge in [-0.2, -0.15) is 0 Å². The Morgan fingerprint density at radius 3 is 2.35 bits per heavy atom. The number of benzene rings is 3. The smallest absolute Gasteiger partial charge is 0.0920 e. The van der Waals surface area contributed by atoms with Crippen LogP contribution in [-0.2, 0) is 0 Å². The summed E-state index contributed by atoms with van der Waals surface area (Å²) in [4.78, 5) is 0. The topological polar surface area (TPSA) is 32.3 Å². The molecule has 3 aromatic rings. The van der Waals surface area contributed by atoms with E-state index in [4.69, 9.17) is 0 Å². The molecule has 0 saturated carbocycles. The van der Waals surface area contributed by atoms with E-state index in [2.05, 4.69) is 47.8 Å². The molecule has 0 radical (unpaired) electrons. The quantitative estimate of drug-likeness (QED) is 0.706. The monoisotopic (exact) mass is 265 g/mol. The van der Waals surface area contributed by atoms with E-state index in [1.54, 1.807) is 0 Å². The fourth-order valence-corrected chi connectivity index (χ4v) is 2.75. The molecule has 20 heavy (non-hydrogen) atoms. The van der Waals surface area contributed by atoms with E-state index in [9.17, 15) is 5.11 Å². The second-order valence-electron chi connectivity index (χ2n) is 5.06. The lowest BCUT2D eigenvalue weighted by Crippen LogP contribution is -2.21. The predicted octanol–water partition coefficient (Wildman–Crippen LogP) is 3.64. The molecule has 0 aliphatic rings. The van der Waals surface area contributed by atoms with E-state index >= 15 is 0 Å². The molecule has 0 aromatic heterocycles. The number of aliphatic hydroxyl groups excluding tert-OH is 1. The van der Waals surface area contributed by atoms with Crippen LogP contribution in [0.2, 0.25) is 0 Å². The average Bonchev–Trinajstić information content (AvgIpc) is 2.52. The molecule has 2 heteroatoms. The molecule has 0 bridgehead atoms. The zero-order valence-electron chi connectivity index (χ0n) is 11.6. The van der Waals surface area contributed by atoms with Crippen molar-refractivity contribution in [1.29, 1.82) is 0 Å². The van der Waals surface area contributed by atoms with Crippen LogP contribution >= 0.6 is 0 Å². The molecule has 3 rings (SSSR count). The number of nitrogens with one attached hydrogen (secondary N) is 1. The van der Waals surface area contributed by atoms with Gasteiger partial charge < -0.3 is 10.4 Å². The molecule has 0 amide bonds. The van der Waals surface area contributed by atoms with Crippen molar-refractivity contribution in [2.45, 2.75) is 13.0 Å². The van der Waals surface area contributed by atoms with Crippen LogP contribution in [0, 0.1) is 0 Å². The molecule has 2 N–H and O–H groups in total. The minimum Gasteiger partial charge on any atom is -0.387 e. The van der Waals surface area contributed by atoms with Gasteiger partial charge >= 0.3 is 0 Å². The molecule has 1 atom stereocenters. The third-order valence-electron chi connectivity index (χ3n) is 3.75. The number of hydrogen-bond donors (Lipinski definition) is 2. The van der Waals surface area contributed by atoms with Crippen molar-refractivity contribution in [1.82, 2.24) is 5.32 Å². The minimum absolute atomic E-state index is 0.482. The second-order valence-corrected chi connectivity index (χ2v) is 5.06. The third kappa shape index (κ3) is 2.28. The van der Waals surface area contributed by atoms with E-state index in [1.165, 1.54) is 16.2 Å². The highest BCUT2D eigenvalue weighted by atomic mass is 16.3. The number of rotatable bonds is 4. The van der Waals surface area contributed by atoms with Crippen molar-refractivity contribution in [3.05, 3.63) is 60.2 Å². The first-order valence-electron chi connectivity index (χ1n) is 7.10. The summed E-state index contributed by atoms with van der Waals surface area (Å²) in [6, 6.07) is 18.7. The first-order valence-corrected chi connectivity index (χ1v) is 7.10. The Labute approximate surface area is 119 Å². The van der Waals surface area contributed by atoms with Crippen LogP contribution in [0.1, 0.15) is 18.6 Å². The fraction of sp³-hybridized carbons (Fsp3) is 0.222. The Kier molecular flexibility index (Phi) is 3.68. The van der Waals surface area contributed by atoms with Crippen LogP contribution < -0.4 is 5.32 Å². The van der Waals surface area contributed by atoms with Crippen molar-refractivity contribution in [3.63, 3.8) is 0 Å². The largest absolute Gasteiger partial charge is 0.387 e. The zero-order chi connectivity index (χ0) is 13.9. The Balaban J connectivity index is 2.23. The summed E-state index contributed by atoms with van der Waals surface area (Å²) < 4.78 is 0. The highest BCUT2D eigenvalue weighted by molar-refractivity contribution is 6.09. The van der Waals surface area contributed by atoms with Crippen LogP contribution in [-0.4, -0.2) is 18.2 Å². The van der Waals surface area contributed by atoms with Gasteiger partial charge in [0.2, 0.25) is 0 Å². The summed E-state index contributed by atoms with van der Waals surface area (Å²) >= 11 is 0. The van der Waals surface area contributed by atoms with Crippen LogP contribution in [0.4, 0.5) is 0 Å². The lowest BCUT2D eigenvalue weighted by molar-refractivity contribution is 0.177. The second kappa shape index (κ2) is 5.61. The molecule has 102 valence electrons. The first kappa shape index (κ1) is 13.1. The summed E-state index contributed by atoms with van der Waals surface area (Å²) in [5.74, 6) is 0. The maximum Gasteiger partial charge on any atom is 0.0920 e. The van der Waals surface area contributed by atoms with Gasteiger partial charge in [-0.1, -0.05) is 55.5 Å². The maximum absolute atomic E-state index is 10.4. The van der Waals surface area contributed by atoms with Gasteiger partial charge in [-0.05, 0) is 39.7 Å². The molecule has 0 fully saturated rings. The summed E-state index contributed by atoms with van der Waals surface area (Å²) in [5.41, 5.74) is 1.00. The fourth-order valence-electron chi connectivity index (χ4n) is 2.75. The van der Waals surface area contributed by atoms with Gasteiger partial charge in [-0.25, -0.2) is 0 Å². The molecule has 0 aliphatic heterocycles. The average molecular weight is 265 g/mol. The number of likely N-dealkylation sites (N-methyl/N-ethyl adjacent to an activating group) is 1. The normalized spacial score (nSPS) is 12.9. The van der Waals surface area contributed by atoms with Gasteiger partial charge in [-0.3, -0.25) is 0 Å². The van der Waals surface area contributed by atoms with E-state index in [-0.39, 0.29) is 0 Å². The van der Waals surface area contributed by atoms with E-state index in [1.807, 2.05) is 19.1 Å². The van der Waals surface area contributed by atoms with Crippen LogP contribution in [0.25, 0.3) is 21.5 Å². The van der Waals surface area contributed by atoms with Gasteiger partial charge in [0.25, 0.3) is 0 Å². The summed E-state index contributed by atoms with van der Waals surface area (Å²) in [6.07, 6.45) is -0.482. The van der Waals surface area contributed by atoms with Gasteiger partial charge in [0, 0.05) is 6.54 Å². The van der Waals surface area contributed by atoms with Gasteiger partial charge in [0.15, 0.2) is 0 Å². The van der Waals surface area contributed by atoms with Crippen molar-refractivity contribution in [2.75, 3.05) is 13.1 Å². The molecule has 0 spiro atoms. The summed E-state index contributed by atoms with van der Waals surface area (Å²) in [5, 5.41) is 18.4. The van der Waals surface area contributed by atoms with Gasteiger partial charge in [0.05, 0.1) is 6.10 Å². The predicted molar refractivity (Wildman–Crippen MR) is 85.0 cm³/mol. The Hall–Kier alpha value is -1.90. The summed E-state index contributed by atoms with van der Waals surface area (Å²) in [7, 11) is 0. The van der Waals surface area contributed by atoms with Crippen LogP contribution in [0.15, 0.2) is 54.6 Å². The van der Waals surface area contributed by atoms with Crippen molar-refractivity contribution < 1.29 is 5.11 Å². The van der Waals surface area contributed by atoms with Crippen LogP contribution in [0.3, 0.4) is 0 Å². The molecule has 1 unspecified atom stereocenters. The maximum atomic E-state index is 10.4.